The summed E-state index contributed by atoms with van der Waals surface area (Å²) in [5, 5.41) is 23.0. The molecule has 1 aliphatic rings. The fraction of sp³-hybridized carbons (Fsp3) is 0. The molecule has 2 N–H and O–H groups in total. The second kappa shape index (κ2) is 7.00. The third kappa shape index (κ3) is 3.42. The first-order chi connectivity index (χ1) is 12.8. The quantitative estimate of drug-likeness (QED) is 0.332. The van der Waals surface area contributed by atoms with Gasteiger partial charge in [0.1, 0.15) is 5.57 Å². The minimum Gasteiger partial charge on any atom is -0.502 e. The summed E-state index contributed by atoms with van der Waals surface area (Å²) in [5.74, 6) is -2.58. The highest BCUT2D eigenvalue weighted by molar-refractivity contribution is 9.10. The predicted octanol–water partition coefficient (Wildman–Crippen LogP) is 2.73. The Labute approximate surface area is 160 Å². The van der Waals surface area contributed by atoms with Crippen LogP contribution in [-0.4, -0.2) is 27.9 Å². The van der Waals surface area contributed by atoms with Crippen LogP contribution in [-0.2, 0) is 9.59 Å². The van der Waals surface area contributed by atoms with E-state index in [-0.39, 0.29) is 11.3 Å². The fourth-order valence-electron chi connectivity index (χ4n) is 2.45. The average Bonchev–Trinajstić information content (AvgIpc) is 2.61. The first-order valence-corrected chi connectivity index (χ1v) is 8.22. The minimum atomic E-state index is -0.968. The Morgan fingerprint density at radius 1 is 1.11 bits per heavy atom. The van der Waals surface area contributed by atoms with Gasteiger partial charge >= 0.3 is 11.7 Å². The van der Waals surface area contributed by atoms with Crippen LogP contribution < -0.4 is 10.2 Å². The third-order valence-electron chi connectivity index (χ3n) is 3.73. The first kappa shape index (κ1) is 18.3. The van der Waals surface area contributed by atoms with Crippen LogP contribution >= 0.6 is 15.9 Å². The highest BCUT2D eigenvalue weighted by Gasteiger charge is 2.37. The van der Waals surface area contributed by atoms with E-state index in [0.717, 1.165) is 21.5 Å². The minimum absolute atomic E-state index is 0.104. The van der Waals surface area contributed by atoms with Gasteiger partial charge in [-0.15, -0.1) is 0 Å². The number of nitro benzene ring substituents is 1. The molecule has 0 radical (unpaired) electrons. The smallest absolute Gasteiger partial charge is 0.335 e. The van der Waals surface area contributed by atoms with Crippen molar-refractivity contribution in [3.63, 3.8) is 0 Å². The Hall–Kier alpha value is -3.53. The summed E-state index contributed by atoms with van der Waals surface area (Å²) in [4.78, 5) is 47.8. The molecule has 136 valence electrons. The van der Waals surface area contributed by atoms with Crippen molar-refractivity contribution in [2.45, 2.75) is 0 Å². The SMILES string of the molecule is O=C1NC(=O)N(c2ccc(Br)cc2)C(=O)/C1=C/c1cccc([N+](=O)[O-])c1O. The summed E-state index contributed by atoms with van der Waals surface area (Å²) in [5.41, 5.74) is -0.905. The lowest BCUT2D eigenvalue weighted by Crippen LogP contribution is -2.54. The number of urea groups is 1. The van der Waals surface area contributed by atoms with Crippen LogP contribution in [0.15, 0.2) is 52.5 Å². The maximum absolute atomic E-state index is 12.7. The molecule has 1 saturated heterocycles. The van der Waals surface area contributed by atoms with Crippen LogP contribution in [0.1, 0.15) is 5.56 Å². The Morgan fingerprint density at radius 2 is 1.78 bits per heavy atom. The summed E-state index contributed by atoms with van der Waals surface area (Å²) in [6, 6.07) is 8.98. The molecule has 1 aliphatic heterocycles. The van der Waals surface area contributed by atoms with Gasteiger partial charge in [0.2, 0.25) is 5.75 Å². The van der Waals surface area contributed by atoms with Gasteiger partial charge < -0.3 is 5.11 Å². The molecule has 0 saturated carbocycles. The molecule has 4 amide bonds. The van der Waals surface area contributed by atoms with E-state index in [1.165, 1.54) is 24.3 Å². The van der Waals surface area contributed by atoms with Crippen LogP contribution in [0.5, 0.6) is 5.75 Å². The predicted molar refractivity (Wildman–Crippen MR) is 97.9 cm³/mol. The second-order valence-corrected chi connectivity index (χ2v) is 6.32. The van der Waals surface area contributed by atoms with Crippen LogP contribution in [0.4, 0.5) is 16.2 Å². The van der Waals surface area contributed by atoms with Crippen LogP contribution in [0, 0.1) is 10.1 Å². The average molecular weight is 432 g/mol. The van der Waals surface area contributed by atoms with Crippen LogP contribution in [0.25, 0.3) is 6.08 Å². The molecular formula is C17H10BrN3O6. The molecule has 0 unspecified atom stereocenters. The number of amides is 4. The van der Waals surface area contributed by atoms with E-state index in [1.54, 1.807) is 12.1 Å². The van der Waals surface area contributed by atoms with Crippen molar-refractivity contribution in [3.05, 3.63) is 68.2 Å². The van der Waals surface area contributed by atoms with Gasteiger partial charge in [0.05, 0.1) is 10.6 Å². The Kier molecular flexibility index (Phi) is 4.74. The summed E-state index contributed by atoms with van der Waals surface area (Å²) in [6.45, 7) is 0. The van der Waals surface area contributed by atoms with E-state index in [9.17, 15) is 29.6 Å². The normalized spacial score (nSPS) is 15.8. The standard InChI is InChI=1S/C17H10BrN3O6/c18-10-4-6-11(7-5-10)20-16(24)12(15(23)19-17(20)25)8-9-2-1-3-13(14(9)22)21(26)27/h1-8,22H,(H,19,23,25)/b12-8+. The van der Waals surface area contributed by atoms with Crippen molar-refractivity contribution in [1.82, 2.24) is 5.32 Å². The van der Waals surface area contributed by atoms with Gasteiger partial charge in [-0.05, 0) is 30.3 Å². The van der Waals surface area contributed by atoms with Crippen molar-refractivity contribution in [2.75, 3.05) is 4.90 Å². The number of nitro groups is 1. The van der Waals surface area contributed by atoms with Crippen LogP contribution in [0.3, 0.4) is 0 Å². The summed E-state index contributed by atoms with van der Waals surface area (Å²) >= 11 is 3.24. The highest BCUT2D eigenvalue weighted by atomic mass is 79.9. The number of aromatic hydroxyl groups is 1. The monoisotopic (exact) mass is 431 g/mol. The lowest BCUT2D eigenvalue weighted by molar-refractivity contribution is -0.385. The number of phenolic OH excluding ortho intramolecular Hbond substituents is 1. The number of carbonyl (C=O) groups excluding carboxylic acids is 3. The number of rotatable bonds is 3. The lowest BCUT2D eigenvalue weighted by atomic mass is 10.1. The summed E-state index contributed by atoms with van der Waals surface area (Å²) < 4.78 is 0.726. The Morgan fingerprint density at radius 3 is 2.41 bits per heavy atom. The van der Waals surface area contributed by atoms with E-state index in [2.05, 4.69) is 15.9 Å². The second-order valence-electron chi connectivity index (χ2n) is 5.41. The van der Waals surface area contributed by atoms with Gasteiger partial charge in [-0.1, -0.05) is 28.1 Å². The molecule has 9 nitrogen and oxygen atoms in total. The maximum Gasteiger partial charge on any atom is 0.335 e. The van der Waals surface area contributed by atoms with Crippen molar-refractivity contribution in [1.29, 1.82) is 0 Å². The zero-order valence-corrected chi connectivity index (χ0v) is 15.0. The number of phenols is 1. The van der Waals surface area contributed by atoms with Crippen molar-refractivity contribution < 1.29 is 24.4 Å². The highest BCUT2D eigenvalue weighted by Crippen LogP contribution is 2.32. The molecule has 3 rings (SSSR count). The largest absolute Gasteiger partial charge is 0.502 e. The van der Waals surface area contributed by atoms with Gasteiger partial charge in [0.15, 0.2) is 0 Å². The molecule has 0 atom stereocenters. The zero-order chi connectivity index (χ0) is 19.7. The number of nitrogens with zero attached hydrogens (tertiary/aromatic N) is 2. The van der Waals surface area contributed by atoms with E-state index in [4.69, 9.17) is 0 Å². The molecule has 0 bridgehead atoms. The molecule has 0 aromatic heterocycles. The number of benzene rings is 2. The third-order valence-corrected chi connectivity index (χ3v) is 4.26. The number of imide groups is 2. The maximum atomic E-state index is 12.7. The molecule has 2 aromatic rings. The summed E-state index contributed by atoms with van der Waals surface area (Å²) in [7, 11) is 0. The zero-order valence-electron chi connectivity index (χ0n) is 13.4. The van der Waals surface area contributed by atoms with E-state index < -0.39 is 39.8 Å². The number of hydrogen-bond donors (Lipinski definition) is 2. The number of anilines is 1. The molecule has 0 aliphatic carbocycles. The summed E-state index contributed by atoms with van der Waals surface area (Å²) in [6.07, 6.45) is 0.998. The fourth-order valence-corrected chi connectivity index (χ4v) is 2.71. The van der Waals surface area contributed by atoms with Crippen molar-refractivity contribution in [3.8, 4) is 5.75 Å². The number of nitrogens with one attached hydrogen (secondary N) is 1. The number of hydrogen-bond acceptors (Lipinski definition) is 6. The molecule has 10 heteroatoms. The topological polar surface area (TPSA) is 130 Å². The molecule has 2 aromatic carbocycles. The van der Waals surface area contributed by atoms with Gasteiger partial charge in [0, 0.05) is 16.1 Å². The van der Waals surface area contributed by atoms with Gasteiger partial charge in [-0.2, -0.15) is 0 Å². The van der Waals surface area contributed by atoms with Crippen LogP contribution in [0.2, 0.25) is 0 Å². The van der Waals surface area contributed by atoms with Crippen molar-refractivity contribution in [2.24, 2.45) is 0 Å². The number of carbonyl (C=O) groups is 3. The lowest BCUT2D eigenvalue weighted by Gasteiger charge is -2.26. The molecule has 0 spiro atoms. The van der Waals surface area contributed by atoms with E-state index >= 15 is 0 Å². The van der Waals surface area contributed by atoms with E-state index in [1.807, 2.05) is 5.32 Å². The van der Waals surface area contributed by atoms with E-state index in [0.29, 0.717) is 0 Å². The van der Waals surface area contributed by atoms with Gasteiger partial charge in [0.25, 0.3) is 11.8 Å². The molecule has 1 heterocycles. The number of para-hydroxylation sites is 1. The molecular weight excluding hydrogens is 422 g/mol. The molecule has 27 heavy (non-hydrogen) atoms. The first-order valence-electron chi connectivity index (χ1n) is 7.43. The van der Waals surface area contributed by atoms with Gasteiger partial charge in [-0.25, -0.2) is 9.69 Å². The Bertz CT molecular complexity index is 1020. The van der Waals surface area contributed by atoms with Gasteiger partial charge in [-0.3, -0.25) is 25.0 Å². The number of halogens is 1. The molecule has 1 fully saturated rings. The Balaban J connectivity index is 2.06. The number of barbiturate groups is 1. The van der Waals surface area contributed by atoms with Crippen molar-refractivity contribution >= 4 is 51.2 Å².